The number of aromatic nitrogens is 3. The molecule has 1 saturated heterocycles. The number of nitrogens with zero attached hydrogens (tertiary/aromatic N) is 5. The summed E-state index contributed by atoms with van der Waals surface area (Å²) < 4.78 is 5.17. The molecule has 0 saturated carbocycles. The van der Waals surface area contributed by atoms with E-state index in [1.165, 1.54) is 29.9 Å². The summed E-state index contributed by atoms with van der Waals surface area (Å²) in [5.41, 5.74) is 1.85. The molecule has 0 bridgehead atoms. The maximum atomic E-state index is 13.2. The summed E-state index contributed by atoms with van der Waals surface area (Å²) in [6.45, 7) is 1.30. The molecule has 1 fully saturated rings. The van der Waals surface area contributed by atoms with Gasteiger partial charge in [0.25, 0.3) is 5.91 Å². The fourth-order valence-corrected chi connectivity index (χ4v) is 5.18. The zero-order chi connectivity index (χ0) is 23.7. The first-order chi connectivity index (χ1) is 16.5. The Bertz CT molecular complexity index is 1230. The van der Waals surface area contributed by atoms with Gasteiger partial charge in [0.15, 0.2) is 5.13 Å². The van der Waals surface area contributed by atoms with Gasteiger partial charge in [-0.1, -0.05) is 11.3 Å². The van der Waals surface area contributed by atoms with Crippen molar-refractivity contribution in [2.45, 2.75) is 19.4 Å². The second kappa shape index (κ2) is 9.18. The van der Waals surface area contributed by atoms with Crippen molar-refractivity contribution < 1.29 is 19.1 Å². The first kappa shape index (κ1) is 22.0. The van der Waals surface area contributed by atoms with Crippen LogP contribution in [-0.2, 0) is 22.6 Å². The molecule has 10 nitrogen and oxygen atoms in total. The molecule has 11 heteroatoms. The number of anilines is 2. The Kier molecular flexibility index (Phi) is 5.93. The Morgan fingerprint density at radius 2 is 2.03 bits per heavy atom. The van der Waals surface area contributed by atoms with Crippen molar-refractivity contribution in [3.63, 3.8) is 0 Å². The van der Waals surface area contributed by atoms with E-state index in [0.29, 0.717) is 36.9 Å². The van der Waals surface area contributed by atoms with Gasteiger partial charge in [-0.05, 0) is 24.3 Å². The summed E-state index contributed by atoms with van der Waals surface area (Å²) in [6.07, 6.45) is 5.13. The number of amides is 3. The van der Waals surface area contributed by atoms with Crippen LogP contribution in [0.1, 0.15) is 27.5 Å². The van der Waals surface area contributed by atoms with Crippen LogP contribution >= 0.6 is 11.3 Å². The molecule has 1 unspecified atom stereocenters. The number of carbonyl (C=O) groups is 3. The molecule has 1 aromatic carbocycles. The molecular formula is C23H22N6O4S. The third-order valence-electron chi connectivity index (χ3n) is 5.92. The minimum atomic E-state index is -0.389. The van der Waals surface area contributed by atoms with Crippen LogP contribution in [0.3, 0.4) is 0 Å². The topological polar surface area (TPSA) is 118 Å². The monoisotopic (exact) mass is 478 g/mol. The van der Waals surface area contributed by atoms with Crippen LogP contribution in [0.4, 0.5) is 10.8 Å². The number of thiazole rings is 1. The van der Waals surface area contributed by atoms with E-state index < -0.39 is 0 Å². The lowest BCUT2D eigenvalue weighted by Gasteiger charge is -2.28. The second-order valence-electron chi connectivity index (χ2n) is 8.05. The standard InChI is InChI=1S/C23H22N6O4S/c1-33-16-4-2-15(3-5-16)29-12-14(10-20(29)30)22(32)28-9-6-17-19(13-28)34-23(26-17)27-21(31)18-11-24-7-8-25-18/h2-5,7-8,11,14H,6,9-10,12-13H2,1H3,(H,26,27,31). The highest BCUT2D eigenvalue weighted by atomic mass is 32.1. The van der Waals surface area contributed by atoms with E-state index in [2.05, 4.69) is 20.3 Å². The molecule has 3 amide bonds. The van der Waals surface area contributed by atoms with Gasteiger partial charge in [-0.15, -0.1) is 0 Å². The van der Waals surface area contributed by atoms with E-state index in [9.17, 15) is 14.4 Å². The van der Waals surface area contributed by atoms with Gasteiger partial charge < -0.3 is 14.5 Å². The first-order valence-electron chi connectivity index (χ1n) is 10.8. The van der Waals surface area contributed by atoms with Crippen molar-refractivity contribution >= 4 is 39.9 Å². The van der Waals surface area contributed by atoms with Crippen LogP contribution in [0.2, 0.25) is 0 Å². The van der Waals surface area contributed by atoms with E-state index in [0.717, 1.165) is 16.3 Å². The predicted octanol–water partition coefficient (Wildman–Crippen LogP) is 2.13. The first-order valence-corrected chi connectivity index (χ1v) is 11.6. The molecule has 0 radical (unpaired) electrons. The lowest BCUT2D eigenvalue weighted by atomic mass is 10.1. The highest BCUT2D eigenvalue weighted by molar-refractivity contribution is 7.15. The number of ether oxygens (including phenoxy) is 1. The third-order valence-corrected chi connectivity index (χ3v) is 6.92. The smallest absolute Gasteiger partial charge is 0.277 e. The molecule has 174 valence electrons. The third kappa shape index (κ3) is 4.34. The van der Waals surface area contributed by atoms with Gasteiger partial charge in [-0.25, -0.2) is 9.97 Å². The van der Waals surface area contributed by atoms with Gasteiger partial charge in [0.05, 0.1) is 31.5 Å². The fraction of sp³-hybridized carbons (Fsp3) is 0.304. The maximum absolute atomic E-state index is 13.2. The predicted molar refractivity (Wildman–Crippen MR) is 125 cm³/mol. The molecule has 3 aromatic rings. The molecule has 5 rings (SSSR count). The van der Waals surface area contributed by atoms with E-state index in [1.807, 2.05) is 12.1 Å². The lowest BCUT2D eigenvalue weighted by molar-refractivity contribution is -0.136. The molecule has 2 aromatic heterocycles. The maximum Gasteiger partial charge on any atom is 0.277 e. The fourth-order valence-electron chi connectivity index (χ4n) is 4.16. The average molecular weight is 479 g/mol. The molecule has 2 aliphatic heterocycles. The van der Waals surface area contributed by atoms with Gasteiger partial charge in [0.1, 0.15) is 11.4 Å². The van der Waals surface area contributed by atoms with Crippen LogP contribution in [0, 0.1) is 5.92 Å². The summed E-state index contributed by atoms with van der Waals surface area (Å²) in [5.74, 6) is -0.152. The Balaban J connectivity index is 1.23. The van der Waals surface area contributed by atoms with Crippen LogP contribution in [0.15, 0.2) is 42.9 Å². The number of benzene rings is 1. The van der Waals surface area contributed by atoms with Crippen LogP contribution < -0.4 is 15.0 Å². The van der Waals surface area contributed by atoms with Crippen molar-refractivity contribution in [1.82, 2.24) is 19.9 Å². The summed E-state index contributed by atoms with van der Waals surface area (Å²) in [6, 6.07) is 7.25. The minimum absolute atomic E-state index is 0.0337. The Hall–Kier alpha value is -3.86. The Morgan fingerprint density at radius 1 is 1.21 bits per heavy atom. The van der Waals surface area contributed by atoms with E-state index >= 15 is 0 Å². The number of hydrogen-bond acceptors (Lipinski definition) is 8. The van der Waals surface area contributed by atoms with Gasteiger partial charge in [-0.3, -0.25) is 24.7 Å². The summed E-state index contributed by atoms with van der Waals surface area (Å²) in [7, 11) is 1.59. The molecule has 1 atom stereocenters. The molecule has 1 N–H and O–H groups in total. The molecule has 2 aliphatic rings. The number of rotatable bonds is 5. The van der Waals surface area contributed by atoms with Crippen molar-refractivity contribution in [1.29, 1.82) is 0 Å². The summed E-state index contributed by atoms with van der Waals surface area (Å²) in [5, 5.41) is 3.22. The van der Waals surface area contributed by atoms with E-state index in [4.69, 9.17) is 4.74 Å². The van der Waals surface area contributed by atoms with Gasteiger partial charge >= 0.3 is 0 Å². The molecule has 0 spiro atoms. The quantitative estimate of drug-likeness (QED) is 0.597. The SMILES string of the molecule is COc1ccc(N2CC(C(=O)N3CCc4nc(NC(=O)c5cnccn5)sc4C3)CC2=O)cc1. The molecular weight excluding hydrogens is 456 g/mol. The number of hydrogen-bond donors (Lipinski definition) is 1. The molecule has 34 heavy (non-hydrogen) atoms. The van der Waals surface area contributed by atoms with Gasteiger partial charge in [0.2, 0.25) is 11.8 Å². The largest absolute Gasteiger partial charge is 0.497 e. The highest BCUT2D eigenvalue weighted by Crippen LogP contribution is 2.32. The number of methoxy groups -OCH3 is 1. The van der Waals surface area contributed by atoms with Gasteiger partial charge in [-0.2, -0.15) is 0 Å². The molecule has 0 aliphatic carbocycles. The lowest BCUT2D eigenvalue weighted by Crippen LogP contribution is -2.40. The van der Waals surface area contributed by atoms with Crippen LogP contribution in [0.5, 0.6) is 5.75 Å². The van der Waals surface area contributed by atoms with Crippen LogP contribution in [-0.4, -0.2) is 57.8 Å². The number of fused-ring (bicyclic) bond motifs is 1. The Morgan fingerprint density at radius 3 is 2.76 bits per heavy atom. The number of nitrogens with one attached hydrogen (secondary N) is 1. The van der Waals surface area contributed by atoms with Crippen molar-refractivity contribution in [2.75, 3.05) is 30.4 Å². The van der Waals surface area contributed by atoms with E-state index in [-0.39, 0.29) is 35.8 Å². The highest BCUT2D eigenvalue weighted by Gasteiger charge is 2.38. The van der Waals surface area contributed by atoms with Gasteiger partial charge in [0, 0.05) is 48.9 Å². The van der Waals surface area contributed by atoms with Crippen molar-refractivity contribution in [3.8, 4) is 5.75 Å². The summed E-state index contributed by atoms with van der Waals surface area (Å²) in [4.78, 5) is 55.0. The number of carbonyl (C=O) groups excluding carboxylic acids is 3. The van der Waals surface area contributed by atoms with Crippen molar-refractivity contribution in [2.24, 2.45) is 5.92 Å². The molecule has 4 heterocycles. The normalized spacial score (nSPS) is 17.4. The average Bonchev–Trinajstić information content (AvgIpc) is 3.46. The Labute approximate surface area is 199 Å². The minimum Gasteiger partial charge on any atom is -0.497 e. The van der Waals surface area contributed by atoms with Crippen molar-refractivity contribution in [3.05, 3.63) is 59.1 Å². The zero-order valence-corrected chi connectivity index (χ0v) is 19.2. The van der Waals surface area contributed by atoms with Crippen LogP contribution in [0.25, 0.3) is 0 Å². The second-order valence-corrected chi connectivity index (χ2v) is 9.13. The van der Waals surface area contributed by atoms with E-state index in [1.54, 1.807) is 29.0 Å². The zero-order valence-electron chi connectivity index (χ0n) is 18.4. The summed E-state index contributed by atoms with van der Waals surface area (Å²) >= 11 is 1.35.